The smallest absolute Gasteiger partial charge is 0.346 e. The summed E-state index contributed by atoms with van der Waals surface area (Å²) in [7, 11) is 0. The van der Waals surface area contributed by atoms with Crippen LogP contribution in [0.3, 0.4) is 0 Å². The van der Waals surface area contributed by atoms with Crippen LogP contribution in [0.5, 0.6) is 0 Å². The van der Waals surface area contributed by atoms with Gasteiger partial charge in [-0.3, -0.25) is 4.79 Å². The van der Waals surface area contributed by atoms with Crippen LogP contribution in [0.1, 0.15) is 15.2 Å². The third-order valence-corrected chi connectivity index (χ3v) is 4.70. The highest BCUT2D eigenvalue weighted by atomic mass is 32.1. The van der Waals surface area contributed by atoms with Gasteiger partial charge in [0.15, 0.2) is 0 Å². The van der Waals surface area contributed by atoms with Gasteiger partial charge in [-0.2, -0.15) is 0 Å². The number of pyridine rings is 1. The Hall–Kier alpha value is -1.92. The number of hydrogen-bond acceptors (Lipinski definition) is 4. The summed E-state index contributed by atoms with van der Waals surface area (Å²) < 4.78 is 2.49. The molecule has 19 heavy (non-hydrogen) atoms. The Balaban J connectivity index is 2.06. The maximum Gasteiger partial charge on any atom is 0.346 e. The van der Waals surface area contributed by atoms with E-state index in [-0.39, 0.29) is 17.0 Å². The molecule has 3 aromatic rings. The number of carboxylic acid groups (broad SMARTS) is 1. The zero-order chi connectivity index (χ0) is 13.4. The van der Waals surface area contributed by atoms with Gasteiger partial charge in [0.25, 0.3) is 5.56 Å². The van der Waals surface area contributed by atoms with Crippen LogP contribution in [0.25, 0.3) is 10.1 Å². The molecule has 96 valence electrons. The van der Waals surface area contributed by atoms with Crippen molar-refractivity contribution in [2.45, 2.75) is 6.54 Å². The van der Waals surface area contributed by atoms with Crippen molar-refractivity contribution < 1.29 is 9.90 Å². The molecule has 0 aliphatic carbocycles. The Bertz CT molecular complexity index is 813. The minimum atomic E-state index is -0.949. The van der Waals surface area contributed by atoms with Crippen LogP contribution in [0.4, 0.5) is 0 Å². The summed E-state index contributed by atoms with van der Waals surface area (Å²) in [4.78, 5) is 23.6. The van der Waals surface area contributed by atoms with Crippen molar-refractivity contribution in [1.82, 2.24) is 4.57 Å². The van der Waals surface area contributed by atoms with Crippen molar-refractivity contribution in [3.05, 3.63) is 56.0 Å². The number of hydrogen-bond donors (Lipinski definition) is 1. The lowest BCUT2D eigenvalue weighted by atomic mass is 10.2. The first-order valence-electron chi connectivity index (χ1n) is 5.53. The molecule has 0 spiro atoms. The second-order valence-corrected chi connectivity index (χ2v) is 5.89. The van der Waals surface area contributed by atoms with E-state index in [1.165, 1.54) is 22.7 Å². The van der Waals surface area contributed by atoms with Crippen LogP contribution in [0.15, 0.2) is 40.0 Å². The fourth-order valence-corrected chi connectivity index (χ4v) is 3.49. The molecular formula is C13H9NO3S2. The number of aromatic nitrogens is 1. The van der Waals surface area contributed by atoms with Gasteiger partial charge in [-0.1, -0.05) is 0 Å². The van der Waals surface area contributed by atoms with E-state index in [2.05, 4.69) is 0 Å². The maximum atomic E-state index is 12.2. The highest BCUT2D eigenvalue weighted by molar-refractivity contribution is 7.17. The molecule has 1 N–H and O–H groups in total. The van der Waals surface area contributed by atoms with Gasteiger partial charge in [0, 0.05) is 10.9 Å². The first-order valence-corrected chi connectivity index (χ1v) is 7.29. The van der Waals surface area contributed by atoms with E-state index in [9.17, 15) is 9.59 Å². The van der Waals surface area contributed by atoms with E-state index in [0.29, 0.717) is 10.9 Å². The molecule has 0 bridgehead atoms. The number of fused-ring (bicyclic) bond motifs is 1. The number of thiophene rings is 2. The zero-order valence-electron chi connectivity index (χ0n) is 9.70. The number of aromatic carboxylic acids is 1. The molecule has 0 aliphatic rings. The summed E-state index contributed by atoms with van der Waals surface area (Å²) >= 11 is 2.70. The predicted octanol–water partition coefficient (Wildman–Crippen LogP) is 2.87. The molecule has 0 fully saturated rings. The first-order chi connectivity index (χ1) is 9.16. The SMILES string of the molecule is O=C(O)c1sccc1Cn1ccc2sccc2c1=O. The van der Waals surface area contributed by atoms with Crippen molar-refractivity contribution in [3.8, 4) is 0 Å². The van der Waals surface area contributed by atoms with Gasteiger partial charge >= 0.3 is 5.97 Å². The largest absolute Gasteiger partial charge is 0.477 e. The van der Waals surface area contributed by atoms with Gasteiger partial charge in [0.05, 0.1) is 11.9 Å². The van der Waals surface area contributed by atoms with Gasteiger partial charge in [0.2, 0.25) is 0 Å². The molecule has 3 heterocycles. The highest BCUT2D eigenvalue weighted by Crippen LogP contribution is 2.19. The lowest BCUT2D eigenvalue weighted by Gasteiger charge is -2.05. The lowest BCUT2D eigenvalue weighted by molar-refractivity contribution is 0.0701. The quantitative estimate of drug-likeness (QED) is 0.807. The lowest BCUT2D eigenvalue weighted by Crippen LogP contribution is -2.20. The molecule has 0 saturated carbocycles. The molecule has 3 aromatic heterocycles. The fourth-order valence-electron chi connectivity index (χ4n) is 1.96. The minimum Gasteiger partial charge on any atom is -0.477 e. The van der Waals surface area contributed by atoms with Crippen LogP contribution in [0, 0.1) is 0 Å². The van der Waals surface area contributed by atoms with Crippen molar-refractivity contribution >= 4 is 38.7 Å². The van der Waals surface area contributed by atoms with Gasteiger partial charge in [-0.25, -0.2) is 4.79 Å². The van der Waals surface area contributed by atoms with Crippen molar-refractivity contribution in [2.24, 2.45) is 0 Å². The molecule has 0 aliphatic heterocycles. The van der Waals surface area contributed by atoms with Crippen molar-refractivity contribution in [3.63, 3.8) is 0 Å². The molecule has 0 radical (unpaired) electrons. The van der Waals surface area contributed by atoms with Crippen LogP contribution in [-0.2, 0) is 6.54 Å². The van der Waals surface area contributed by atoms with Gasteiger partial charge in [-0.05, 0) is 34.5 Å². The van der Waals surface area contributed by atoms with E-state index >= 15 is 0 Å². The molecule has 0 unspecified atom stereocenters. The molecule has 0 atom stereocenters. The van der Waals surface area contributed by atoms with Gasteiger partial charge in [0.1, 0.15) is 4.88 Å². The van der Waals surface area contributed by atoms with E-state index in [1.54, 1.807) is 28.3 Å². The standard InChI is InChI=1S/C13H9NO3S2/c15-12-9-3-6-18-10(9)1-4-14(12)7-8-2-5-19-11(8)13(16)17/h1-6H,7H2,(H,16,17). The van der Waals surface area contributed by atoms with Crippen molar-refractivity contribution in [1.29, 1.82) is 0 Å². The normalized spacial score (nSPS) is 10.9. The summed E-state index contributed by atoms with van der Waals surface area (Å²) in [6, 6.07) is 5.43. The third-order valence-electron chi connectivity index (χ3n) is 2.87. The van der Waals surface area contributed by atoms with Crippen LogP contribution in [0.2, 0.25) is 0 Å². The zero-order valence-corrected chi connectivity index (χ0v) is 11.3. The Morgan fingerprint density at radius 2 is 2.00 bits per heavy atom. The van der Waals surface area contributed by atoms with Crippen LogP contribution < -0.4 is 5.56 Å². The van der Waals surface area contributed by atoms with Crippen molar-refractivity contribution in [2.75, 3.05) is 0 Å². The van der Waals surface area contributed by atoms with Crippen LogP contribution in [-0.4, -0.2) is 15.6 Å². The van der Waals surface area contributed by atoms with E-state index < -0.39 is 5.97 Å². The third kappa shape index (κ3) is 2.09. The minimum absolute atomic E-state index is 0.0821. The monoisotopic (exact) mass is 291 g/mol. The maximum absolute atomic E-state index is 12.2. The van der Waals surface area contributed by atoms with E-state index in [4.69, 9.17) is 5.11 Å². The molecule has 0 aromatic carbocycles. The number of carbonyl (C=O) groups is 1. The topological polar surface area (TPSA) is 59.3 Å². The summed E-state index contributed by atoms with van der Waals surface area (Å²) in [6.07, 6.45) is 1.71. The first kappa shape index (κ1) is 12.1. The highest BCUT2D eigenvalue weighted by Gasteiger charge is 2.13. The number of rotatable bonds is 3. The molecule has 0 saturated heterocycles. The summed E-state index contributed by atoms with van der Waals surface area (Å²) in [5, 5.41) is 13.4. The summed E-state index contributed by atoms with van der Waals surface area (Å²) in [5.74, 6) is -0.949. The molecule has 3 rings (SSSR count). The molecule has 6 heteroatoms. The second-order valence-electron chi connectivity index (χ2n) is 4.03. The second kappa shape index (κ2) is 4.64. The van der Waals surface area contributed by atoms with Gasteiger partial charge in [-0.15, -0.1) is 22.7 Å². The molecular weight excluding hydrogens is 282 g/mol. The Morgan fingerprint density at radius 3 is 2.79 bits per heavy atom. The number of carboxylic acids is 1. The Morgan fingerprint density at radius 1 is 1.21 bits per heavy atom. The fraction of sp³-hybridized carbons (Fsp3) is 0.0769. The molecule has 0 amide bonds. The Labute approximate surface area is 116 Å². The van der Waals surface area contributed by atoms with Gasteiger partial charge < -0.3 is 9.67 Å². The van der Waals surface area contributed by atoms with E-state index in [0.717, 1.165) is 4.70 Å². The number of nitrogens with zero attached hydrogens (tertiary/aromatic N) is 1. The Kier molecular flexibility index (Phi) is 2.96. The van der Waals surface area contributed by atoms with E-state index in [1.807, 2.05) is 11.4 Å². The average molecular weight is 291 g/mol. The average Bonchev–Trinajstić information content (AvgIpc) is 3.01. The summed E-state index contributed by atoms with van der Waals surface area (Å²) in [6.45, 7) is 0.287. The molecule has 4 nitrogen and oxygen atoms in total. The summed E-state index contributed by atoms with van der Waals surface area (Å²) in [5.41, 5.74) is 0.579. The van der Waals surface area contributed by atoms with Crippen LogP contribution >= 0.6 is 22.7 Å². The predicted molar refractivity (Wildman–Crippen MR) is 76.5 cm³/mol.